The summed E-state index contributed by atoms with van der Waals surface area (Å²) in [5.74, 6) is -6.96. The number of anilines is 3. The maximum Gasteiger partial charge on any atom is 0.410 e. The first-order chi connectivity index (χ1) is 60.8. The normalized spacial score (nSPS) is 19.3. The second-order valence-corrected chi connectivity index (χ2v) is 35.5. The number of benzene rings is 4. The molecule has 8 amide bonds. The molecule has 9 rings (SSSR count). The van der Waals surface area contributed by atoms with Gasteiger partial charge in [-0.2, -0.15) is 0 Å². The van der Waals surface area contributed by atoms with Crippen molar-refractivity contribution in [3.63, 3.8) is 0 Å². The van der Waals surface area contributed by atoms with Crippen LogP contribution in [0.3, 0.4) is 0 Å². The summed E-state index contributed by atoms with van der Waals surface area (Å²) >= 11 is 6.40. The number of imidazole rings is 1. The van der Waals surface area contributed by atoms with Crippen LogP contribution >= 0.6 is 11.6 Å². The van der Waals surface area contributed by atoms with Gasteiger partial charge in [-0.3, -0.25) is 43.8 Å². The molecule has 702 valence electrons. The number of hydrogen-bond donors (Lipinski definition) is 14. The molecule has 0 saturated carbocycles. The maximum atomic E-state index is 15.1. The number of hydrogen-bond acceptors (Lipinski definition) is 24. The number of nitrogens with zero attached hydrogens (tertiary/aromatic N) is 6. The number of aryl methyl sites for hydroxylation is 1. The number of fused-ring (bicyclic) bond motifs is 1. The van der Waals surface area contributed by atoms with E-state index in [9.17, 15) is 68.7 Å². The average Bonchev–Trinajstić information content (AvgIpc) is 0.929. The molecule has 0 spiro atoms. The number of carboxylic acid groups (broad SMARTS) is 1. The van der Waals surface area contributed by atoms with Crippen molar-refractivity contribution in [3.8, 4) is 28.3 Å². The van der Waals surface area contributed by atoms with E-state index < -0.39 is 152 Å². The zero-order valence-electron chi connectivity index (χ0n) is 75.9. The van der Waals surface area contributed by atoms with E-state index in [2.05, 4.69) is 47.1 Å². The standard InChI is InChI=1S/C92H131ClFN15O19/c1-16-53(9)79(70(124-15)46-74(113)109-34-20-23-63(109)41-54(10)85(116)99-55(11)81(114)58-21-18-17-19-22-58)106(13)89(120)77(50(4)5)105-88(119)78(51(6)7)107(14)92(123)126-48-57-24-26-66(69(42-57)127-91-82(115)68(110)45-71(128-91)90(121)122)103-86(117)56(12)100-87(118)76(49(2)3)104-73(112)31-38-125-37-30-72(111)96-32-33-97-83-75(84-101-65-27-25-60(93)44-67(65)102-84)80(108-35-28-62(95)29-36-108)64(47-98-83)59-39-52(8)40-61(94)43-59/h17-19,21-22,24-27,39-40,42-44,47,49-51,53-56,62-63,68,70-71,76-79,81-82,85,91,99,110,114-116H,16,20,23,28-38,41,45-46,48,95H2,1-15H3,(H,96,111)(H,97,98)(H,100,118)(H,101,102)(H,103,117)(H,104,112)(H,105,119)(H,121,122)/t53-,54+,55+,56-,63-,68-,70+,71-,76-,77-,78-,79-,81+,82+,85?,91+/m0/s1. The van der Waals surface area contributed by atoms with Crippen LogP contribution in [0, 0.1) is 42.3 Å². The van der Waals surface area contributed by atoms with Gasteiger partial charge in [-0.1, -0.05) is 123 Å². The lowest BCUT2D eigenvalue weighted by Gasteiger charge is -2.41. The number of ether oxygens (including phenoxy) is 5. The van der Waals surface area contributed by atoms with Crippen LogP contribution in [0.2, 0.25) is 5.02 Å². The van der Waals surface area contributed by atoms with E-state index in [-0.39, 0.29) is 104 Å². The van der Waals surface area contributed by atoms with Crippen molar-refractivity contribution in [2.75, 3.05) is 82.7 Å². The molecule has 15 N–H and O–H groups in total. The Kier molecular flexibility index (Phi) is 37.6. The monoisotopic (exact) mass is 1800 g/mol. The highest BCUT2D eigenvalue weighted by molar-refractivity contribution is 6.31. The van der Waals surface area contributed by atoms with Gasteiger partial charge in [-0.15, -0.1) is 0 Å². The average molecular weight is 1810 g/mol. The summed E-state index contributed by atoms with van der Waals surface area (Å²) in [6, 6.07) is 17.3. The van der Waals surface area contributed by atoms with Crippen molar-refractivity contribution < 1.29 is 96.8 Å². The van der Waals surface area contributed by atoms with Gasteiger partial charge in [0.05, 0.1) is 72.0 Å². The quantitative estimate of drug-likeness (QED) is 0.0126. The highest BCUT2D eigenvalue weighted by atomic mass is 35.5. The van der Waals surface area contributed by atoms with Crippen LogP contribution in [0.5, 0.6) is 5.75 Å². The number of carbonyl (C=O) groups is 9. The number of aliphatic carboxylic acids is 1. The summed E-state index contributed by atoms with van der Waals surface area (Å²) in [4.78, 5) is 145. The molecule has 3 fully saturated rings. The molecule has 1 unspecified atom stereocenters. The number of likely N-dealkylation sites (N-methyl/N-ethyl adjacent to an activating group) is 2. The number of pyridine rings is 1. The number of amides is 8. The number of halogens is 2. The lowest BCUT2D eigenvalue weighted by Crippen LogP contribution is -2.60. The third kappa shape index (κ3) is 27.2. The van der Waals surface area contributed by atoms with Gasteiger partial charge in [0.1, 0.15) is 66.3 Å². The Morgan fingerprint density at radius 1 is 0.781 bits per heavy atom. The summed E-state index contributed by atoms with van der Waals surface area (Å²) in [5.41, 5.74) is 12.0. The highest BCUT2D eigenvalue weighted by Crippen LogP contribution is 2.45. The Bertz CT molecular complexity index is 4730. The Hall–Kier alpha value is -10.2. The molecule has 3 aliphatic heterocycles. The number of piperidine rings is 1. The number of likely N-dealkylation sites (tertiary alicyclic amines) is 1. The van der Waals surface area contributed by atoms with Crippen LogP contribution in [0.25, 0.3) is 33.5 Å². The summed E-state index contributed by atoms with van der Waals surface area (Å²) in [6.07, 6.45) is -5.58. The summed E-state index contributed by atoms with van der Waals surface area (Å²) in [6.45, 7) is 22.6. The Morgan fingerprint density at radius 3 is 2.13 bits per heavy atom. The number of nitrogens with two attached hydrogens (primary N) is 1. The molecule has 5 heterocycles. The number of H-pyrrole nitrogens is 1. The van der Waals surface area contributed by atoms with E-state index in [1.807, 2.05) is 75.1 Å². The number of aliphatic hydroxyl groups is 4. The minimum absolute atomic E-state index is 0.0177. The van der Waals surface area contributed by atoms with Crippen molar-refractivity contribution >= 4 is 93.2 Å². The van der Waals surface area contributed by atoms with Gasteiger partial charge < -0.3 is 107 Å². The molecular weight excluding hydrogens is 1670 g/mol. The number of aromatic nitrogens is 3. The van der Waals surface area contributed by atoms with E-state index in [0.717, 1.165) is 41.8 Å². The molecule has 34 nitrogen and oxygen atoms in total. The molecule has 0 radical (unpaired) electrons. The minimum Gasteiger partial charge on any atom is -0.479 e. The van der Waals surface area contributed by atoms with Gasteiger partial charge in [0.2, 0.25) is 47.6 Å². The number of methoxy groups -OCH3 is 1. The number of carbonyl (C=O) groups excluding carboxylic acids is 8. The molecule has 2 aromatic heterocycles. The smallest absolute Gasteiger partial charge is 0.410 e. The summed E-state index contributed by atoms with van der Waals surface area (Å²) in [7, 11) is 4.47. The largest absolute Gasteiger partial charge is 0.479 e. The van der Waals surface area contributed by atoms with Crippen molar-refractivity contribution in [2.45, 2.75) is 245 Å². The SMILES string of the molecule is CC[C@H](C)[C@@H]([C@@H](CC(=O)N1CCC[C@H]1C[C@@H](C)C(O)N[C@H](C)[C@@H](O)c1ccccc1)OC)N(C)C(=O)[C@@H](NC(=O)[C@H](C(C)C)N(C)C(=O)OCc1ccc(NC(=O)[C@H](C)NC(=O)[C@@H](NC(=O)CCOCCC(=O)NCCNc2ncc(-c3cc(C)cc(F)c3)c(N3CCC(N)CC3)c2-c2nc3ccc(Cl)cc3[nH]2)C(C)C)c(O[C@@H]2O[C@H](C(=O)O)C[C@H](O)[C@H]2O)c1)C(C)C. The highest BCUT2D eigenvalue weighted by Gasteiger charge is 2.45. The van der Waals surface area contributed by atoms with Crippen LogP contribution in [0.4, 0.5) is 26.4 Å². The van der Waals surface area contributed by atoms with E-state index in [0.29, 0.717) is 82.4 Å². The van der Waals surface area contributed by atoms with E-state index in [1.54, 1.807) is 73.8 Å². The molecule has 128 heavy (non-hydrogen) atoms. The van der Waals surface area contributed by atoms with E-state index in [4.69, 9.17) is 51.0 Å². The van der Waals surface area contributed by atoms with Crippen LogP contribution in [-0.2, 0) is 63.9 Å². The summed E-state index contributed by atoms with van der Waals surface area (Å²) < 4.78 is 44.3. The lowest BCUT2D eigenvalue weighted by molar-refractivity contribution is -0.238. The molecule has 4 aromatic carbocycles. The first kappa shape index (κ1) is 102. The van der Waals surface area contributed by atoms with Crippen molar-refractivity contribution in [1.29, 1.82) is 0 Å². The third-order valence-corrected chi connectivity index (χ3v) is 24.3. The van der Waals surface area contributed by atoms with Gasteiger partial charge in [-0.25, -0.2) is 23.9 Å². The van der Waals surface area contributed by atoms with Gasteiger partial charge in [0, 0.05) is 108 Å². The van der Waals surface area contributed by atoms with Gasteiger partial charge in [-0.05, 0) is 147 Å². The predicted octanol–water partition coefficient (Wildman–Crippen LogP) is 8.29. The van der Waals surface area contributed by atoms with Crippen molar-refractivity contribution in [3.05, 3.63) is 119 Å². The Morgan fingerprint density at radius 2 is 1.48 bits per heavy atom. The molecule has 36 heteroatoms. The molecule has 3 saturated heterocycles. The number of aromatic amines is 1. The van der Waals surface area contributed by atoms with E-state index in [1.165, 1.54) is 56.3 Å². The molecular formula is C92H131ClFN15O19. The van der Waals surface area contributed by atoms with Gasteiger partial charge >= 0.3 is 12.1 Å². The second-order valence-electron chi connectivity index (χ2n) is 35.0. The third-order valence-electron chi connectivity index (χ3n) is 24.1. The zero-order chi connectivity index (χ0) is 93.7. The second kappa shape index (κ2) is 47.4. The number of nitrogens with one attached hydrogen (secondary N) is 8. The first-order valence-corrected chi connectivity index (χ1v) is 44.6. The van der Waals surface area contributed by atoms with Crippen molar-refractivity contribution in [2.24, 2.45) is 35.3 Å². The van der Waals surface area contributed by atoms with E-state index >= 15 is 4.39 Å². The first-order valence-electron chi connectivity index (χ1n) is 44.2. The number of rotatable bonds is 44. The molecule has 6 aromatic rings. The fraction of sp³-hybridized carbons (Fsp3) is 0.576. The molecule has 0 aliphatic carbocycles. The molecule has 3 aliphatic rings. The topological polar surface area (TPSA) is 466 Å². The van der Waals surface area contributed by atoms with Crippen LogP contribution < -0.4 is 52.6 Å². The molecule has 0 bridgehead atoms. The predicted molar refractivity (Wildman–Crippen MR) is 482 cm³/mol. The fourth-order valence-corrected chi connectivity index (χ4v) is 16.8. The van der Waals surface area contributed by atoms with Gasteiger partial charge in [0.25, 0.3) is 0 Å². The zero-order valence-corrected chi connectivity index (χ0v) is 76.7. The minimum atomic E-state index is -1.84. The summed E-state index contributed by atoms with van der Waals surface area (Å²) in [5, 5.41) is 74.8. The van der Waals surface area contributed by atoms with Crippen LogP contribution in [-0.4, -0.2) is 261 Å². The molecule has 16 atom stereocenters. The van der Waals surface area contributed by atoms with Crippen molar-refractivity contribution in [1.82, 2.24) is 56.2 Å². The van der Waals surface area contributed by atoms with Gasteiger partial charge in [0.15, 0.2) is 6.10 Å². The van der Waals surface area contributed by atoms with Crippen LogP contribution in [0.15, 0.2) is 91.1 Å². The Labute approximate surface area is 752 Å². The Balaban J connectivity index is 0.771. The number of aliphatic hydroxyl groups excluding tert-OH is 4. The number of carboxylic acids is 1. The fourth-order valence-electron chi connectivity index (χ4n) is 16.6. The lowest BCUT2D eigenvalue weighted by atomic mass is 9.89. The van der Waals surface area contributed by atoms with Crippen LogP contribution in [0.1, 0.15) is 163 Å². The maximum absolute atomic E-state index is 15.1.